The van der Waals surface area contributed by atoms with Gasteiger partial charge >= 0.3 is 0 Å². The smallest absolute Gasteiger partial charge is 0.125 e. The van der Waals surface area contributed by atoms with Crippen LogP contribution in [-0.4, -0.2) is 19.1 Å². The minimum atomic E-state index is -0.128. The van der Waals surface area contributed by atoms with Gasteiger partial charge in [0.2, 0.25) is 0 Å². The van der Waals surface area contributed by atoms with E-state index in [4.69, 9.17) is 0 Å². The number of hydrogen-bond acceptors (Lipinski definition) is 2. The van der Waals surface area contributed by atoms with Gasteiger partial charge in [-0.3, -0.25) is 0 Å². The molecule has 0 amide bonds. The number of rotatable bonds is 4. The first-order valence-corrected chi connectivity index (χ1v) is 7.37. The van der Waals surface area contributed by atoms with Crippen molar-refractivity contribution in [1.82, 2.24) is 5.32 Å². The van der Waals surface area contributed by atoms with Gasteiger partial charge in [0.25, 0.3) is 0 Å². The van der Waals surface area contributed by atoms with E-state index in [9.17, 15) is 4.39 Å². The highest BCUT2D eigenvalue weighted by molar-refractivity contribution is 5.50. The summed E-state index contributed by atoms with van der Waals surface area (Å²) < 4.78 is 13.8. The molecule has 1 heterocycles. The zero-order chi connectivity index (χ0) is 13.8. The number of piperidine rings is 1. The van der Waals surface area contributed by atoms with Crippen LogP contribution in [0.1, 0.15) is 39.2 Å². The summed E-state index contributed by atoms with van der Waals surface area (Å²) in [6.07, 6.45) is 2.39. The van der Waals surface area contributed by atoms with Gasteiger partial charge < -0.3 is 10.2 Å². The Balaban J connectivity index is 2.16. The van der Waals surface area contributed by atoms with E-state index in [1.54, 1.807) is 12.1 Å². The summed E-state index contributed by atoms with van der Waals surface area (Å²) in [5.41, 5.74) is 2.06. The highest BCUT2D eigenvalue weighted by atomic mass is 19.1. The topological polar surface area (TPSA) is 15.3 Å². The molecule has 19 heavy (non-hydrogen) atoms. The Morgan fingerprint density at radius 1 is 1.32 bits per heavy atom. The maximum absolute atomic E-state index is 13.8. The fourth-order valence-corrected chi connectivity index (χ4v) is 2.96. The van der Waals surface area contributed by atoms with Crippen LogP contribution in [0.2, 0.25) is 0 Å². The van der Waals surface area contributed by atoms with Gasteiger partial charge in [0.05, 0.1) is 0 Å². The van der Waals surface area contributed by atoms with Crippen molar-refractivity contribution in [2.24, 2.45) is 5.92 Å². The third-order valence-corrected chi connectivity index (χ3v) is 3.99. The lowest BCUT2D eigenvalue weighted by Crippen LogP contribution is -2.40. The molecular weight excluding hydrogens is 239 g/mol. The van der Waals surface area contributed by atoms with Crippen LogP contribution in [0.5, 0.6) is 0 Å². The monoisotopic (exact) mass is 264 g/mol. The van der Waals surface area contributed by atoms with Crippen LogP contribution >= 0.6 is 0 Å². The average molecular weight is 264 g/mol. The Morgan fingerprint density at radius 3 is 2.79 bits per heavy atom. The molecule has 2 nitrogen and oxygen atoms in total. The second-order valence-corrected chi connectivity index (χ2v) is 5.77. The minimum absolute atomic E-state index is 0.128. The van der Waals surface area contributed by atoms with E-state index in [-0.39, 0.29) is 5.82 Å². The molecule has 0 aromatic heterocycles. The summed E-state index contributed by atoms with van der Waals surface area (Å²) in [4.78, 5) is 2.35. The number of halogens is 1. The van der Waals surface area contributed by atoms with Crippen molar-refractivity contribution in [2.45, 2.75) is 46.2 Å². The number of benzene rings is 1. The molecule has 0 bridgehead atoms. The standard InChI is InChI=1S/C16H25FN2/c1-4-18-11-14-8-15(17)10-16(9-14)19-6-5-12(2)7-13(19)3/h8-10,12-13,18H,4-7,11H2,1-3H3. The third kappa shape index (κ3) is 3.69. The van der Waals surface area contributed by atoms with E-state index < -0.39 is 0 Å². The molecular formula is C16H25FN2. The number of anilines is 1. The highest BCUT2D eigenvalue weighted by Crippen LogP contribution is 2.29. The Kier molecular flexibility index (Phi) is 4.81. The van der Waals surface area contributed by atoms with Crippen molar-refractivity contribution >= 4 is 5.69 Å². The van der Waals surface area contributed by atoms with Gasteiger partial charge in [-0.05, 0) is 56.0 Å². The van der Waals surface area contributed by atoms with Gasteiger partial charge in [-0.2, -0.15) is 0 Å². The molecule has 1 N–H and O–H groups in total. The van der Waals surface area contributed by atoms with Crippen molar-refractivity contribution < 1.29 is 4.39 Å². The number of hydrogen-bond donors (Lipinski definition) is 1. The molecule has 0 spiro atoms. The van der Waals surface area contributed by atoms with Crippen LogP contribution < -0.4 is 10.2 Å². The van der Waals surface area contributed by atoms with Gasteiger partial charge in [-0.1, -0.05) is 13.8 Å². The van der Waals surface area contributed by atoms with E-state index in [0.717, 1.165) is 36.8 Å². The maximum Gasteiger partial charge on any atom is 0.125 e. The molecule has 2 atom stereocenters. The van der Waals surface area contributed by atoms with Crippen molar-refractivity contribution in [1.29, 1.82) is 0 Å². The van der Waals surface area contributed by atoms with Crippen molar-refractivity contribution in [3.05, 3.63) is 29.6 Å². The third-order valence-electron chi connectivity index (χ3n) is 3.99. The lowest BCUT2D eigenvalue weighted by atomic mass is 9.93. The molecule has 1 aliphatic heterocycles. The molecule has 1 aromatic carbocycles. The van der Waals surface area contributed by atoms with Crippen LogP contribution in [0.15, 0.2) is 18.2 Å². The lowest BCUT2D eigenvalue weighted by molar-refractivity contribution is 0.377. The number of nitrogens with one attached hydrogen (secondary N) is 1. The van der Waals surface area contributed by atoms with Gasteiger partial charge in [-0.15, -0.1) is 0 Å². The first-order valence-electron chi connectivity index (χ1n) is 7.37. The molecule has 0 radical (unpaired) electrons. The van der Waals surface area contributed by atoms with E-state index >= 15 is 0 Å². The zero-order valence-electron chi connectivity index (χ0n) is 12.2. The fraction of sp³-hybridized carbons (Fsp3) is 0.625. The Morgan fingerprint density at radius 2 is 2.11 bits per heavy atom. The molecule has 2 rings (SSSR count). The van der Waals surface area contributed by atoms with Crippen LogP contribution in [0.3, 0.4) is 0 Å². The van der Waals surface area contributed by atoms with Gasteiger partial charge in [0.15, 0.2) is 0 Å². The summed E-state index contributed by atoms with van der Waals surface area (Å²) in [7, 11) is 0. The SMILES string of the molecule is CCNCc1cc(F)cc(N2CCC(C)CC2C)c1. The molecule has 0 saturated carbocycles. The minimum Gasteiger partial charge on any atom is -0.369 e. The van der Waals surface area contributed by atoms with E-state index in [2.05, 4.69) is 37.1 Å². The Bertz CT molecular complexity index is 419. The van der Waals surface area contributed by atoms with Crippen LogP contribution in [-0.2, 0) is 6.54 Å². The lowest BCUT2D eigenvalue weighted by Gasteiger charge is -2.38. The molecule has 1 aromatic rings. The predicted molar refractivity (Wildman–Crippen MR) is 79.0 cm³/mol. The highest BCUT2D eigenvalue weighted by Gasteiger charge is 2.23. The Labute approximate surface area is 116 Å². The van der Waals surface area contributed by atoms with Crippen molar-refractivity contribution in [2.75, 3.05) is 18.0 Å². The van der Waals surface area contributed by atoms with Gasteiger partial charge in [-0.25, -0.2) is 4.39 Å². The summed E-state index contributed by atoms with van der Waals surface area (Å²) >= 11 is 0. The molecule has 1 aliphatic rings. The molecule has 1 saturated heterocycles. The summed E-state index contributed by atoms with van der Waals surface area (Å²) in [5.74, 6) is 0.650. The largest absolute Gasteiger partial charge is 0.369 e. The first kappa shape index (κ1) is 14.3. The zero-order valence-corrected chi connectivity index (χ0v) is 12.2. The van der Waals surface area contributed by atoms with Crippen molar-refractivity contribution in [3.8, 4) is 0 Å². The number of nitrogens with zero attached hydrogens (tertiary/aromatic N) is 1. The van der Waals surface area contributed by atoms with Crippen LogP contribution in [0, 0.1) is 11.7 Å². The summed E-state index contributed by atoms with van der Waals surface area (Å²) in [6.45, 7) is 9.28. The molecule has 106 valence electrons. The molecule has 2 unspecified atom stereocenters. The van der Waals surface area contributed by atoms with E-state index in [0.29, 0.717) is 6.04 Å². The predicted octanol–water partition coefficient (Wildman–Crippen LogP) is 3.56. The summed E-state index contributed by atoms with van der Waals surface area (Å²) in [6, 6.07) is 5.92. The van der Waals surface area contributed by atoms with E-state index in [1.807, 2.05) is 0 Å². The second kappa shape index (κ2) is 6.38. The molecule has 0 aliphatic carbocycles. The summed E-state index contributed by atoms with van der Waals surface area (Å²) in [5, 5.41) is 3.25. The van der Waals surface area contributed by atoms with E-state index in [1.165, 1.54) is 12.8 Å². The molecule has 3 heteroatoms. The second-order valence-electron chi connectivity index (χ2n) is 5.77. The van der Waals surface area contributed by atoms with Gasteiger partial charge in [0, 0.05) is 24.8 Å². The Hall–Kier alpha value is -1.09. The van der Waals surface area contributed by atoms with Crippen LogP contribution in [0.25, 0.3) is 0 Å². The first-order chi connectivity index (χ1) is 9.10. The molecule has 1 fully saturated rings. The normalized spacial score (nSPS) is 23.7. The van der Waals surface area contributed by atoms with Crippen molar-refractivity contribution in [3.63, 3.8) is 0 Å². The maximum atomic E-state index is 13.8. The van der Waals surface area contributed by atoms with Gasteiger partial charge in [0.1, 0.15) is 5.82 Å². The average Bonchev–Trinajstić information content (AvgIpc) is 2.35. The van der Waals surface area contributed by atoms with Crippen LogP contribution in [0.4, 0.5) is 10.1 Å². The fourth-order valence-electron chi connectivity index (χ4n) is 2.96. The quantitative estimate of drug-likeness (QED) is 0.894.